The van der Waals surface area contributed by atoms with Crippen LogP contribution in [0, 0.1) is 0 Å². The molecule has 1 atom stereocenters. The molecule has 2 aromatic carbocycles. The molecule has 0 aliphatic rings. The number of ether oxygens (including phenoxy) is 1. The molecule has 41 heavy (non-hydrogen) atoms. The van der Waals surface area contributed by atoms with E-state index in [2.05, 4.69) is 23.7 Å². The van der Waals surface area contributed by atoms with Crippen molar-refractivity contribution in [3.05, 3.63) is 82.5 Å². The standard InChI is InChI=1S/C33H47NO5S2/c1-23(2)14-13-15-27(9)18-19-39-32(35)22-40(36,29-16-11-10-12-17-29)34-41(37,38)33-30(25(5)6)20-28(24(3)4)21-31(33)26(7)8/h10-12,14,16-18,20-21,24-26H,13,15,19,22H2,1-9H3/b27-18+/t40-/m0/s1. The Balaban J connectivity index is 2.57. The molecule has 2 rings (SSSR count). The van der Waals surface area contributed by atoms with Crippen molar-refractivity contribution in [1.82, 2.24) is 0 Å². The lowest BCUT2D eigenvalue weighted by molar-refractivity contribution is -0.139. The zero-order chi connectivity index (χ0) is 31.0. The van der Waals surface area contributed by atoms with Gasteiger partial charge in [-0.1, -0.05) is 89.1 Å². The van der Waals surface area contributed by atoms with Crippen molar-refractivity contribution in [3.8, 4) is 0 Å². The Hall–Kier alpha value is -2.71. The highest BCUT2D eigenvalue weighted by atomic mass is 32.3. The van der Waals surface area contributed by atoms with Crippen LogP contribution in [-0.2, 0) is 29.3 Å². The fraction of sp³-hybridized carbons (Fsp3) is 0.485. The highest BCUT2D eigenvalue weighted by molar-refractivity contribution is 8.03. The van der Waals surface area contributed by atoms with Crippen molar-refractivity contribution in [2.75, 3.05) is 12.4 Å². The molecule has 0 radical (unpaired) electrons. The van der Waals surface area contributed by atoms with Gasteiger partial charge in [0.05, 0.1) is 4.90 Å². The summed E-state index contributed by atoms with van der Waals surface area (Å²) in [7, 11) is -8.16. The van der Waals surface area contributed by atoms with E-state index in [0.29, 0.717) is 11.1 Å². The maximum absolute atomic E-state index is 14.4. The molecule has 0 fully saturated rings. The van der Waals surface area contributed by atoms with Crippen LogP contribution in [0.4, 0.5) is 0 Å². The summed E-state index contributed by atoms with van der Waals surface area (Å²) in [5.74, 6) is -1.47. The summed E-state index contributed by atoms with van der Waals surface area (Å²) in [6.45, 7) is 17.9. The van der Waals surface area contributed by atoms with Crippen molar-refractivity contribution >= 4 is 25.7 Å². The van der Waals surface area contributed by atoms with Crippen LogP contribution in [0.1, 0.15) is 110 Å². The van der Waals surface area contributed by atoms with Gasteiger partial charge in [-0.25, -0.2) is 4.21 Å². The zero-order valence-corrected chi connectivity index (χ0v) is 27.7. The molecule has 0 N–H and O–H groups in total. The molecule has 0 amide bonds. The third-order valence-corrected chi connectivity index (χ3v) is 11.1. The molecular formula is C33H47NO5S2. The van der Waals surface area contributed by atoms with Crippen molar-refractivity contribution in [2.24, 2.45) is 3.77 Å². The Morgan fingerprint density at radius 3 is 1.90 bits per heavy atom. The van der Waals surface area contributed by atoms with Crippen LogP contribution >= 0.6 is 0 Å². The van der Waals surface area contributed by atoms with Gasteiger partial charge in [0.2, 0.25) is 0 Å². The lowest BCUT2D eigenvalue weighted by Crippen LogP contribution is -2.21. The van der Waals surface area contributed by atoms with Gasteiger partial charge in [0.1, 0.15) is 22.1 Å². The summed E-state index contributed by atoms with van der Waals surface area (Å²) >= 11 is 0. The number of rotatable bonds is 13. The van der Waals surface area contributed by atoms with Gasteiger partial charge in [0, 0.05) is 4.90 Å². The average molecular weight is 602 g/mol. The molecule has 0 aliphatic heterocycles. The fourth-order valence-corrected chi connectivity index (χ4v) is 8.80. The van der Waals surface area contributed by atoms with E-state index in [1.54, 1.807) is 18.2 Å². The largest absolute Gasteiger partial charge is 0.461 e. The molecule has 8 heteroatoms. The molecule has 0 unspecified atom stereocenters. The van der Waals surface area contributed by atoms with E-state index in [1.165, 1.54) is 17.7 Å². The van der Waals surface area contributed by atoms with Crippen molar-refractivity contribution < 1.29 is 22.2 Å². The second-order valence-corrected chi connectivity index (χ2v) is 15.7. The second-order valence-electron chi connectivity index (χ2n) is 11.7. The van der Waals surface area contributed by atoms with Crippen LogP contribution < -0.4 is 0 Å². The number of esters is 1. The molecule has 0 saturated heterocycles. The Morgan fingerprint density at radius 2 is 1.41 bits per heavy atom. The number of carbonyl (C=O) groups is 1. The molecule has 0 heterocycles. The van der Waals surface area contributed by atoms with Crippen LogP contribution in [0.3, 0.4) is 0 Å². The Labute approximate surface area is 248 Å². The maximum atomic E-state index is 14.4. The Bertz CT molecular complexity index is 1460. The van der Waals surface area contributed by atoms with Gasteiger partial charge in [0.25, 0.3) is 10.0 Å². The number of carbonyl (C=O) groups excluding carboxylic acids is 1. The first-order valence-electron chi connectivity index (χ1n) is 14.3. The highest BCUT2D eigenvalue weighted by Gasteiger charge is 2.30. The number of nitrogens with zero attached hydrogens (tertiary/aromatic N) is 1. The maximum Gasteiger partial charge on any atom is 0.320 e. The smallest absolute Gasteiger partial charge is 0.320 e. The monoisotopic (exact) mass is 601 g/mol. The minimum Gasteiger partial charge on any atom is -0.461 e. The van der Waals surface area contributed by atoms with E-state index < -0.39 is 31.5 Å². The van der Waals surface area contributed by atoms with Gasteiger partial charge in [-0.3, -0.25) is 4.79 Å². The summed E-state index contributed by atoms with van der Waals surface area (Å²) in [6.07, 6.45) is 5.69. The number of hydrogen-bond acceptors (Lipinski definition) is 5. The summed E-state index contributed by atoms with van der Waals surface area (Å²) in [5, 5.41) is 0. The van der Waals surface area contributed by atoms with E-state index in [4.69, 9.17) is 4.74 Å². The summed E-state index contributed by atoms with van der Waals surface area (Å²) in [4.78, 5) is 13.2. The molecule has 2 aromatic rings. The Morgan fingerprint density at radius 1 is 0.854 bits per heavy atom. The summed E-state index contributed by atoms with van der Waals surface area (Å²) in [5.41, 5.74) is 4.62. The Kier molecular flexibility index (Phi) is 12.6. The summed E-state index contributed by atoms with van der Waals surface area (Å²) in [6, 6.07) is 11.9. The van der Waals surface area contributed by atoms with Crippen LogP contribution in [0.15, 0.2) is 79.3 Å². The first-order chi connectivity index (χ1) is 19.1. The third-order valence-electron chi connectivity index (χ3n) is 6.75. The number of allylic oxidation sites excluding steroid dienone is 3. The molecule has 0 saturated carbocycles. The van der Waals surface area contributed by atoms with Crippen LogP contribution in [0.5, 0.6) is 0 Å². The zero-order valence-electron chi connectivity index (χ0n) is 26.1. The van der Waals surface area contributed by atoms with Crippen molar-refractivity contribution in [1.29, 1.82) is 0 Å². The molecule has 0 aromatic heterocycles. The van der Waals surface area contributed by atoms with Crippen LogP contribution in [0.25, 0.3) is 0 Å². The lowest BCUT2D eigenvalue weighted by atomic mass is 9.89. The first-order valence-corrected chi connectivity index (χ1v) is 17.4. The molecule has 0 aliphatic carbocycles. The summed E-state index contributed by atoms with van der Waals surface area (Å²) < 4.78 is 51.9. The normalized spacial score (nSPS) is 13.8. The van der Waals surface area contributed by atoms with E-state index in [0.717, 1.165) is 24.0 Å². The van der Waals surface area contributed by atoms with Crippen LogP contribution in [-0.4, -0.2) is 31.0 Å². The van der Waals surface area contributed by atoms with E-state index in [1.807, 2.05) is 66.7 Å². The van der Waals surface area contributed by atoms with Gasteiger partial charge >= 0.3 is 5.97 Å². The number of benzene rings is 2. The quantitative estimate of drug-likeness (QED) is 0.170. The van der Waals surface area contributed by atoms with Crippen LogP contribution in [0.2, 0.25) is 0 Å². The third kappa shape index (κ3) is 9.96. The number of hydrogen-bond donors (Lipinski definition) is 0. The van der Waals surface area contributed by atoms with E-state index in [-0.39, 0.29) is 34.2 Å². The van der Waals surface area contributed by atoms with E-state index >= 15 is 0 Å². The van der Waals surface area contributed by atoms with Gasteiger partial charge < -0.3 is 4.74 Å². The van der Waals surface area contributed by atoms with Gasteiger partial charge in [-0.15, -0.1) is 3.77 Å². The lowest BCUT2D eigenvalue weighted by Gasteiger charge is -2.22. The minimum atomic E-state index is -4.43. The topological polar surface area (TPSA) is 89.9 Å². The highest BCUT2D eigenvalue weighted by Crippen LogP contribution is 2.37. The molecule has 0 spiro atoms. The van der Waals surface area contributed by atoms with Crippen molar-refractivity contribution in [2.45, 2.75) is 103 Å². The minimum absolute atomic E-state index is 0.0161. The molecular weight excluding hydrogens is 554 g/mol. The average Bonchev–Trinajstić information content (AvgIpc) is 2.87. The second kappa shape index (κ2) is 15.0. The molecule has 226 valence electrons. The van der Waals surface area contributed by atoms with Gasteiger partial charge in [-0.05, 0) is 86.3 Å². The molecule has 0 bridgehead atoms. The van der Waals surface area contributed by atoms with Gasteiger partial charge in [-0.2, -0.15) is 8.42 Å². The van der Waals surface area contributed by atoms with Crippen molar-refractivity contribution in [3.63, 3.8) is 0 Å². The van der Waals surface area contributed by atoms with Gasteiger partial charge in [0.15, 0.2) is 0 Å². The molecule has 6 nitrogen and oxygen atoms in total. The predicted molar refractivity (Wildman–Crippen MR) is 169 cm³/mol. The van der Waals surface area contributed by atoms with E-state index in [9.17, 15) is 17.4 Å². The fourth-order valence-electron chi connectivity index (χ4n) is 4.34. The SMILES string of the molecule is CC(C)=CCC/C(C)=C/COC(=O)C[S@@](=O)(=NS(=O)(=O)c1c(C(C)C)cc(C(C)C)cc1C(C)C)c1ccccc1. The first kappa shape index (κ1) is 34.5. The number of sulfonamides is 1. The predicted octanol–water partition coefficient (Wildman–Crippen LogP) is 8.51.